The molecule has 0 fully saturated rings. The first-order valence-corrected chi connectivity index (χ1v) is 7.63. The molecule has 0 saturated carbocycles. The molecule has 1 nitrogen and oxygen atoms in total. The third-order valence-electron chi connectivity index (χ3n) is 4.13. The molecule has 0 aromatic carbocycles. The number of allylic oxidation sites excluding steroid dienone is 11. The van der Waals surface area contributed by atoms with Crippen molar-refractivity contribution in [3.8, 4) is 0 Å². The highest BCUT2D eigenvalue weighted by Crippen LogP contribution is 2.29. The van der Waals surface area contributed by atoms with Crippen LogP contribution in [0.25, 0.3) is 0 Å². The molecule has 1 aliphatic rings. The summed E-state index contributed by atoms with van der Waals surface area (Å²) >= 11 is 0. The maximum Gasteiger partial charge on any atom is 0.0207 e. The lowest BCUT2D eigenvalue weighted by Gasteiger charge is -2.24. The van der Waals surface area contributed by atoms with Gasteiger partial charge in [-0.05, 0) is 62.8 Å². The zero-order chi connectivity index (χ0) is 16.0. The standard InChI is InChI=1S/C20H29N/c1-8-15(2)13-14-16(3)17(4)18(5)19-11-9-10-12-20(19)21(6)7/h8-9,11,13-14H,3,10,12H2,1-2,4-7H3/b14-13-,15-8-,18-17+. The van der Waals surface area contributed by atoms with E-state index in [1.54, 1.807) is 0 Å². The average molecular weight is 283 g/mol. The van der Waals surface area contributed by atoms with E-state index in [-0.39, 0.29) is 0 Å². The highest BCUT2D eigenvalue weighted by Gasteiger charge is 2.13. The van der Waals surface area contributed by atoms with Gasteiger partial charge in [0.05, 0.1) is 0 Å². The van der Waals surface area contributed by atoms with Crippen molar-refractivity contribution in [2.24, 2.45) is 0 Å². The Morgan fingerprint density at radius 2 is 1.86 bits per heavy atom. The minimum atomic E-state index is 1.08. The molecule has 0 heterocycles. The molecule has 0 aromatic heterocycles. The molecule has 0 aromatic rings. The summed E-state index contributed by atoms with van der Waals surface area (Å²) in [4.78, 5) is 2.23. The van der Waals surface area contributed by atoms with Crippen molar-refractivity contribution in [1.29, 1.82) is 0 Å². The van der Waals surface area contributed by atoms with Crippen LogP contribution in [0.4, 0.5) is 0 Å². The predicted octanol–water partition coefficient (Wildman–Crippen LogP) is 5.57. The Morgan fingerprint density at radius 3 is 2.43 bits per heavy atom. The monoisotopic (exact) mass is 283 g/mol. The SMILES string of the molecule is C=C(/C=C\C(C)=C/C)/C(C)=C(\C)C1=C(N(C)C)CCC=C1. The van der Waals surface area contributed by atoms with Crippen LogP contribution in [0.1, 0.15) is 40.5 Å². The van der Waals surface area contributed by atoms with E-state index in [1.165, 1.54) is 28.0 Å². The Bertz CT molecular complexity index is 548. The second-order valence-corrected chi connectivity index (χ2v) is 5.84. The molecule has 0 radical (unpaired) electrons. The molecule has 0 bridgehead atoms. The molecule has 0 aliphatic heterocycles. The van der Waals surface area contributed by atoms with Gasteiger partial charge in [0.15, 0.2) is 0 Å². The molecular weight excluding hydrogens is 254 g/mol. The van der Waals surface area contributed by atoms with E-state index in [9.17, 15) is 0 Å². The van der Waals surface area contributed by atoms with Crippen LogP contribution >= 0.6 is 0 Å². The van der Waals surface area contributed by atoms with E-state index in [0.717, 1.165) is 18.4 Å². The molecule has 0 amide bonds. The van der Waals surface area contributed by atoms with Crippen LogP contribution in [0.3, 0.4) is 0 Å². The lowest BCUT2D eigenvalue weighted by molar-refractivity contribution is 0.481. The lowest BCUT2D eigenvalue weighted by Crippen LogP contribution is -2.15. The summed E-state index contributed by atoms with van der Waals surface area (Å²) in [6, 6.07) is 0. The fraction of sp³-hybridized carbons (Fsp3) is 0.400. The van der Waals surface area contributed by atoms with Gasteiger partial charge in [-0.25, -0.2) is 0 Å². The molecule has 1 heteroatoms. The normalized spacial score (nSPS) is 17.3. The summed E-state index contributed by atoms with van der Waals surface area (Å²) in [6.45, 7) is 12.7. The highest BCUT2D eigenvalue weighted by molar-refractivity contribution is 5.52. The number of hydrogen-bond acceptors (Lipinski definition) is 1. The van der Waals surface area contributed by atoms with E-state index in [1.807, 2.05) is 0 Å². The maximum atomic E-state index is 4.21. The summed E-state index contributed by atoms with van der Waals surface area (Å²) in [7, 11) is 4.25. The van der Waals surface area contributed by atoms with Gasteiger partial charge in [0.1, 0.15) is 0 Å². The van der Waals surface area contributed by atoms with Crippen molar-refractivity contribution in [2.45, 2.75) is 40.5 Å². The van der Waals surface area contributed by atoms with Crippen LogP contribution in [-0.2, 0) is 0 Å². The van der Waals surface area contributed by atoms with E-state index in [2.05, 4.69) is 83.6 Å². The summed E-state index contributed by atoms with van der Waals surface area (Å²) in [5.74, 6) is 0. The second kappa shape index (κ2) is 7.87. The molecule has 0 N–H and O–H groups in total. The molecule has 114 valence electrons. The van der Waals surface area contributed by atoms with Gasteiger partial charge in [-0.15, -0.1) is 0 Å². The van der Waals surface area contributed by atoms with Crippen molar-refractivity contribution in [3.63, 3.8) is 0 Å². The van der Waals surface area contributed by atoms with Gasteiger partial charge in [0, 0.05) is 19.8 Å². The predicted molar refractivity (Wildman–Crippen MR) is 95.2 cm³/mol. The largest absolute Gasteiger partial charge is 0.380 e. The van der Waals surface area contributed by atoms with Crippen LogP contribution in [0.2, 0.25) is 0 Å². The van der Waals surface area contributed by atoms with Crippen LogP contribution in [0.5, 0.6) is 0 Å². The number of hydrogen-bond donors (Lipinski definition) is 0. The van der Waals surface area contributed by atoms with Gasteiger partial charge in [-0.3, -0.25) is 0 Å². The van der Waals surface area contributed by atoms with Gasteiger partial charge < -0.3 is 4.90 Å². The van der Waals surface area contributed by atoms with Crippen LogP contribution in [-0.4, -0.2) is 19.0 Å². The maximum absolute atomic E-state index is 4.21. The Morgan fingerprint density at radius 1 is 1.19 bits per heavy atom. The minimum absolute atomic E-state index is 1.08. The first-order chi connectivity index (χ1) is 9.88. The van der Waals surface area contributed by atoms with Gasteiger partial charge in [-0.1, -0.05) is 42.5 Å². The van der Waals surface area contributed by atoms with Crippen molar-refractivity contribution < 1.29 is 0 Å². The third kappa shape index (κ3) is 4.63. The summed E-state index contributed by atoms with van der Waals surface area (Å²) in [6.07, 6.45) is 13.1. The smallest absolute Gasteiger partial charge is 0.0207 e. The zero-order valence-corrected chi connectivity index (χ0v) is 14.5. The fourth-order valence-corrected chi connectivity index (χ4v) is 2.35. The van der Waals surface area contributed by atoms with Crippen LogP contribution in [0, 0.1) is 0 Å². The number of rotatable bonds is 5. The molecule has 0 unspecified atom stereocenters. The topological polar surface area (TPSA) is 3.24 Å². The molecule has 0 saturated heterocycles. The van der Waals surface area contributed by atoms with E-state index >= 15 is 0 Å². The molecule has 0 spiro atoms. The van der Waals surface area contributed by atoms with Crippen LogP contribution < -0.4 is 0 Å². The molecule has 21 heavy (non-hydrogen) atoms. The zero-order valence-electron chi connectivity index (χ0n) is 14.5. The molecule has 1 rings (SSSR count). The van der Waals surface area contributed by atoms with Crippen molar-refractivity contribution in [1.82, 2.24) is 4.90 Å². The average Bonchev–Trinajstić information content (AvgIpc) is 2.50. The first-order valence-electron chi connectivity index (χ1n) is 7.63. The second-order valence-electron chi connectivity index (χ2n) is 5.84. The van der Waals surface area contributed by atoms with Crippen molar-refractivity contribution in [3.05, 3.63) is 70.5 Å². The quantitative estimate of drug-likeness (QED) is 0.596. The molecule has 1 aliphatic carbocycles. The van der Waals surface area contributed by atoms with Crippen molar-refractivity contribution in [2.75, 3.05) is 14.1 Å². The minimum Gasteiger partial charge on any atom is -0.380 e. The lowest BCUT2D eigenvalue weighted by atomic mass is 9.91. The third-order valence-corrected chi connectivity index (χ3v) is 4.13. The van der Waals surface area contributed by atoms with Gasteiger partial charge in [0.2, 0.25) is 0 Å². The molecular formula is C20H29N. The Kier molecular flexibility index (Phi) is 6.48. The summed E-state index contributed by atoms with van der Waals surface area (Å²) < 4.78 is 0. The van der Waals surface area contributed by atoms with E-state index < -0.39 is 0 Å². The highest BCUT2D eigenvalue weighted by atomic mass is 15.1. The Labute approximate surface area is 130 Å². The Hall–Kier alpha value is -1.76. The van der Waals surface area contributed by atoms with Gasteiger partial charge in [0.25, 0.3) is 0 Å². The summed E-state index contributed by atoms with van der Waals surface area (Å²) in [5, 5.41) is 0. The first kappa shape index (κ1) is 17.3. The van der Waals surface area contributed by atoms with Gasteiger partial charge >= 0.3 is 0 Å². The van der Waals surface area contributed by atoms with E-state index in [0.29, 0.717) is 0 Å². The van der Waals surface area contributed by atoms with Gasteiger partial charge in [-0.2, -0.15) is 0 Å². The fourth-order valence-electron chi connectivity index (χ4n) is 2.35. The number of nitrogens with zero attached hydrogens (tertiary/aromatic N) is 1. The van der Waals surface area contributed by atoms with Crippen molar-refractivity contribution >= 4 is 0 Å². The van der Waals surface area contributed by atoms with Crippen LogP contribution in [0.15, 0.2) is 70.5 Å². The summed E-state index contributed by atoms with van der Waals surface area (Å²) in [5.41, 5.74) is 7.68. The van der Waals surface area contributed by atoms with E-state index in [4.69, 9.17) is 0 Å². The Balaban J connectivity index is 3.13. The molecule has 0 atom stereocenters.